The summed E-state index contributed by atoms with van der Waals surface area (Å²) in [6, 6.07) is 5.43. The molecule has 1 N–H and O–H groups in total. The Kier molecular flexibility index (Phi) is 3.69. The molecule has 0 bridgehead atoms. The third-order valence-corrected chi connectivity index (χ3v) is 3.64. The average Bonchev–Trinajstić information content (AvgIpc) is 2.78. The highest BCUT2D eigenvalue weighted by Crippen LogP contribution is 2.45. The van der Waals surface area contributed by atoms with E-state index in [4.69, 9.17) is 23.7 Å². The van der Waals surface area contributed by atoms with E-state index in [1.807, 2.05) is 12.1 Å². The second-order valence-electron chi connectivity index (χ2n) is 4.86. The lowest BCUT2D eigenvalue weighted by atomic mass is 10.2. The molecule has 0 saturated heterocycles. The average molecular weight is 282 g/mol. The van der Waals surface area contributed by atoms with Crippen LogP contribution in [0.4, 0.5) is 0 Å². The van der Waals surface area contributed by atoms with Gasteiger partial charge in [0.25, 0.3) is 0 Å². The molecule has 20 heavy (non-hydrogen) atoms. The molecule has 1 saturated carbocycles. The van der Waals surface area contributed by atoms with E-state index in [1.54, 1.807) is 20.3 Å². The van der Waals surface area contributed by atoms with E-state index in [0.29, 0.717) is 23.7 Å². The van der Waals surface area contributed by atoms with Crippen LogP contribution in [0.5, 0.6) is 17.2 Å². The summed E-state index contributed by atoms with van der Waals surface area (Å²) >= 11 is 0. The summed E-state index contributed by atoms with van der Waals surface area (Å²) in [6.45, 7) is 0.136. The molecule has 0 amide bonds. The zero-order valence-corrected chi connectivity index (χ0v) is 11.4. The molecule has 0 radical (unpaired) electrons. The third kappa shape index (κ3) is 2.19. The first kappa shape index (κ1) is 13.5. The number of hydrogen-bond donors (Lipinski definition) is 1. The fourth-order valence-electron chi connectivity index (χ4n) is 2.68. The van der Waals surface area contributed by atoms with Crippen LogP contribution in [-0.4, -0.2) is 50.5 Å². The van der Waals surface area contributed by atoms with E-state index >= 15 is 0 Å². The van der Waals surface area contributed by atoms with Crippen molar-refractivity contribution in [1.29, 1.82) is 0 Å². The molecule has 0 spiro atoms. The highest BCUT2D eigenvalue weighted by Gasteiger charge is 2.49. The molecule has 1 heterocycles. The van der Waals surface area contributed by atoms with Gasteiger partial charge in [0.2, 0.25) is 5.75 Å². The van der Waals surface area contributed by atoms with Crippen LogP contribution in [0.25, 0.3) is 0 Å². The van der Waals surface area contributed by atoms with Crippen LogP contribution in [0, 0.1) is 0 Å². The van der Waals surface area contributed by atoms with E-state index in [-0.39, 0.29) is 19.0 Å². The number of para-hydroxylation sites is 1. The van der Waals surface area contributed by atoms with E-state index in [1.165, 1.54) is 0 Å². The Bertz CT molecular complexity index is 477. The van der Waals surface area contributed by atoms with Gasteiger partial charge >= 0.3 is 0 Å². The largest absolute Gasteiger partial charge is 0.493 e. The minimum Gasteiger partial charge on any atom is -0.493 e. The van der Waals surface area contributed by atoms with Gasteiger partial charge in [0.1, 0.15) is 19.0 Å². The number of benzene rings is 1. The molecule has 1 aliphatic heterocycles. The number of rotatable bonds is 4. The van der Waals surface area contributed by atoms with Gasteiger partial charge in [-0.2, -0.15) is 0 Å². The van der Waals surface area contributed by atoms with Crippen molar-refractivity contribution < 1.29 is 28.8 Å². The molecular weight excluding hydrogens is 264 g/mol. The zero-order valence-electron chi connectivity index (χ0n) is 11.4. The van der Waals surface area contributed by atoms with Crippen LogP contribution in [0.1, 0.15) is 6.42 Å². The Balaban J connectivity index is 1.79. The normalized spacial score (nSPS) is 30.9. The van der Waals surface area contributed by atoms with Crippen LogP contribution < -0.4 is 14.2 Å². The van der Waals surface area contributed by atoms with Crippen LogP contribution in [0.2, 0.25) is 0 Å². The van der Waals surface area contributed by atoms with Gasteiger partial charge in [0.15, 0.2) is 17.6 Å². The summed E-state index contributed by atoms with van der Waals surface area (Å²) in [7, 11) is 3.13. The van der Waals surface area contributed by atoms with Gasteiger partial charge in [-0.3, -0.25) is 0 Å². The predicted molar refractivity (Wildman–Crippen MR) is 69.2 cm³/mol. The van der Waals surface area contributed by atoms with E-state index in [9.17, 15) is 5.11 Å². The van der Waals surface area contributed by atoms with Gasteiger partial charge in [-0.1, -0.05) is 6.07 Å². The SMILES string of the molecule is COCO[C@H]1C[C@H]2Oc3c(OC)cccc3O[C@H]2[C@@H]1O. The van der Waals surface area contributed by atoms with Crippen molar-refractivity contribution in [2.75, 3.05) is 21.0 Å². The molecule has 2 aliphatic rings. The van der Waals surface area contributed by atoms with Crippen molar-refractivity contribution in [3.05, 3.63) is 18.2 Å². The number of aliphatic hydroxyl groups is 1. The van der Waals surface area contributed by atoms with Crippen molar-refractivity contribution in [3.63, 3.8) is 0 Å². The minimum absolute atomic E-state index is 0.136. The Labute approximate surface area is 117 Å². The highest BCUT2D eigenvalue weighted by molar-refractivity contribution is 5.52. The summed E-state index contributed by atoms with van der Waals surface area (Å²) in [6.07, 6.45) is -1.24. The van der Waals surface area contributed by atoms with Crippen LogP contribution in [0.15, 0.2) is 18.2 Å². The predicted octanol–water partition coefficient (Wildman–Crippen LogP) is 0.957. The summed E-state index contributed by atoms with van der Waals surface area (Å²) in [5, 5.41) is 10.2. The van der Waals surface area contributed by atoms with E-state index < -0.39 is 12.2 Å². The van der Waals surface area contributed by atoms with Crippen molar-refractivity contribution in [2.45, 2.75) is 30.8 Å². The van der Waals surface area contributed by atoms with Gasteiger partial charge in [0.05, 0.1) is 13.2 Å². The molecule has 3 rings (SSSR count). The Hall–Kier alpha value is -1.50. The molecule has 1 aromatic carbocycles. The first-order chi connectivity index (χ1) is 9.74. The van der Waals surface area contributed by atoms with Crippen LogP contribution in [-0.2, 0) is 9.47 Å². The zero-order chi connectivity index (χ0) is 14.1. The first-order valence-electron chi connectivity index (χ1n) is 6.53. The smallest absolute Gasteiger partial charge is 0.203 e. The molecule has 1 aliphatic carbocycles. The van der Waals surface area contributed by atoms with Gasteiger partial charge in [0, 0.05) is 13.5 Å². The third-order valence-electron chi connectivity index (χ3n) is 3.64. The molecule has 6 heteroatoms. The maximum atomic E-state index is 10.2. The van der Waals surface area contributed by atoms with E-state index in [0.717, 1.165) is 0 Å². The lowest BCUT2D eigenvalue weighted by Crippen LogP contribution is -2.42. The lowest BCUT2D eigenvalue weighted by molar-refractivity contribution is -0.113. The Morgan fingerprint density at radius 3 is 2.90 bits per heavy atom. The quantitative estimate of drug-likeness (QED) is 0.830. The number of fused-ring (bicyclic) bond motifs is 2. The topological polar surface area (TPSA) is 66.4 Å². The monoisotopic (exact) mass is 282 g/mol. The van der Waals surface area contributed by atoms with Crippen molar-refractivity contribution in [1.82, 2.24) is 0 Å². The summed E-state index contributed by atoms with van der Waals surface area (Å²) in [5.74, 6) is 1.78. The highest BCUT2D eigenvalue weighted by atomic mass is 16.7. The van der Waals surface area contributed by atoms with Crippen LogP contribution >= 0.6 is 0 Å². The second-order valence-corrected chi connectivity index (χ2v) is 4.86. The second kappa shape index (κ2) is 5.47. The molecule has 6 nitrogen and oxygen atoms in total. The molecule has 0 aromatic heterocycles. The number of aliphatic hydroxyl groups excluding tert-OH is 1. The van der Waals surface area contributed by atoms with Crippen molar-refractivity contribution >= 4 is 0 Å². The number of hydrogen-bond acceptors (Lipinski definition) is 6. The molecular formula is C14H18O6. The fraction of sp³-hybridized carbons (Fsp3) is 0.571. The lowest BCUT2D eigenvalue weighted by Gasteiger charge is -2.31. The first-order valence-corrected chi connectivity index (χ1v) is 6.53. The molecule has 1 fully saturated rings. The van der Waals surface area contributed by atoms with Gasteiger partial charge in [-0.05, 0) is 12.1 Å². The van der Waals surface area contributed by atoms with Crippen molar-refractivity contribution in [2.24, 2.45) is 0 Å². The van der Waals surface area contributed by atoms with E-state index in [2.05, 4.69) is 0 Å². The van der Waals surface area contributed by atoms with Crippen molar-refractivity contribution in [3.8, 4) is 17.2 Å². The van der Waals surface area contributed by atoms with Gasteiger partial charge < -0.3 is 28.8 Å². The Morgan fingerprint density at radius 2 is 2.15 bits per heavy atom. The van der Waals surface area contributed by atoms with Crippen LogP contribution in [0.3, 0.4) is 0 Å². The fourth-order valence-corrected chi connectivity index (χ4v) is 2.68. The number of ether oxygens (including phenoxy) is 5. The van der Waals surface area contributed by atoms with Gasteiger partial charge in [-0.15, -0.1) is 0 Å². The molecule has 110 valence electrons. The molecule has 1 aromatic rings. The standard InChI is InChI=1S/C14H18O6/c1-16-7-18-10-6-11-14(12(10)15)19-9-5-3-4-8(17-2)13(9)20-11/h3-5,10-12,14-15H,6-7H2,1-2H3/t10-,11+,12+,14+/m0/s1. The summed E-state index contributed by atoms with van der Waals surface area (Å²) < 4.78 is 27.4. The summed E-state index contributed by atoms with van der Waals surface area (Å²) in [5.41, 5.74) is 0. The maximum absolute atomic E-state index is 10.2. The summed E-state index contributed by atoms with van der Waals surface area (Å²) in [4.78, 5) is 0. The van der Waals surface area contributed by atoms with Gasteiger partial charge in [-0.25, -0.2) is 0 Å². The number of methoxy groups -OCH3 is 2. The molecule has 0 unspecified atom stereocenters. The Morgan fingerprint density at radius 1 is 1.30 bits per heavy atom. The maximum Gasteiger partial charge on any atom is 0.203 e. The molecule has 4 atom stereocenters. The minimum atomic E-state index is -0.741.